The maximum atomic E-state index is 12.5. The van der Waals surface area contributed by atoms with Crippen LogP contribution in [0.3, 0.4) is 0 Å². The zero-order valence-electron chi connectivity index (χ0n) is 13.1. The fraction of sp³-hybridized carbons (Fsp3) is 0.500. The molecular formula is C16H21Cl2N3O3. The number of carbonyl (C=O) groups is 2. The molecule has 0 spiro atoms. The molecule has 0 aliphatic carbocycles. The maximum Gasteiger partial charge on any atom is 0.239 e. The summed E-state index contributed by atoms with van der Waals surface area (Å²) in [6.45, 7) is 2.13. The lowest BCUT2D eigenvalue weighted by Gasteiger charge is -2.18. The average molecular weight is 374 g/mol. The van der Waals surface area contributed by atoms with Gasteiger partial charge in [-0.15, -0.1) is 12.4 Å². The SMILES string of the molecule is Cl.O=C(NCC1CNCC1O)C1CCN(c2ccc(Cl)cc2)C1=O. The fourth-order valence-electron chi connectivity index (χ4n) is 3.08. The van der Waals surface area contributed by atoms with Crippen LogP contribution in [0.5, 0.6) is 0 Å². The van der Waals surface area contributed by atoms with Crippen molar-refractivity contribution in [2.75, 3.05) is 31.1 Å². The molecule has 0 radical (unpaired) electrons. The second kappa shape index (κ2) is 8.16. The lowest BCUT2D eigenvalue weighted by Crippen LogP contribution is -2.40. The van der Waals surface area contributed by atoms with Gasteiger partial charge in [0.25, 0.3) is 0 Å². The lowest BCUT2D eigenvalue weighted by atomic mass is 10.0. The van der Waals surface area contributed by atoms with E-state index in [1.54, 1.807) is 29.2 Å². The number of hydrogen-bond acceptors (Lipinski definition) is 4. The highest BCUT2D eigenvalue weighted by molar-refractivity contribution is 6.30. The van der Waals surface area contributed by atoms with Crippen molar-refractivity contribution in [3.05, 3.63) is 29.3 Å². The monoisotopic (exact) mass is 373 g/mol. The van der Waals surface area contributed by atoms with Gasteiger partial charge in [0.2, 0.25) is 11.8 Å². The molecule has 0 aromatic heterocycles. The Morgan fingerprint density at radius 3 is 2.67 bits per heavy atom. The summed E-state index contributed by atoms with van der Waals surface area (Å²) in [5.41, 5.74) is 0.755. The number of rotatable bonds is 4. The van der Waals surface area contributed by atoms with Crippen molar-refractivity contribution in [2.24, 2.45) is 11.8 Å². The van der Waals surface area contributed by atoms with E-state index in [-0.39, 0.29) is 30.1 Å². The molecule has 2 aliphatic heterocycles. The van der Waals surface area contributed by atoms with Gasteiger partial charge in [-0.25, -0.2) is 0 Å². The van der Waals surface area contributed by atoms with Crippen molar-refractivity contribution in [1.29, 1.82) is 0 Å². The number of carbonyl (C=O) groups excluding carboxylic acids is 2. The number of aliphatic hydroxyl groups is 1. The van der Waals surface area contributed by atoms with Crippen molar-refractivity contribution in [1.82, 2.24) is 10.6 Å². The van der Waals surface area contributed by atoms with Gasteiger partial charge in [-0.2, -0.15) is 0 Å². The first-order valence-electron chi connectivity index (χ1n) is 7.79. The van der Waals surface area contributed by atoms with E-state index in [1.807, 2.05) is 0 Å². The van der Waals surface area contributed by atoms with Crippen LogP contribution in [-0.4, -0.2) is 49.2 Å². The van der Waals surface area contributed by atoms with Gasteiger partial charge in [0.15, 0.2) is 0 Å². The lowest BCUT2D eigenvalue weighted by molar-refractivity contribution is -0.132. The van der Waals surface area contributed by atoms with Gasteiger partial charge in [0.05, 0.1) is 6.10 Å². The van der Waals surface area contributed by atoms with Crippen LogP contribution in [0.2, 0.25) is 5.02 Å². The molecule has 2 aliphatic rings. The molecule has 6 nitrogen and oxygen atoms in total. The minimum absolute atomic E-state index is 0. The van der Waals surface area contributed by atoms with E-state index in [4.69, 9.17) is 11.6 Å². The third-order valence-electron chi connectivity index (χ3n) is 4.50. The van der Waals surface area contributed by atoms with Crippen LogP contribution in [0.25, 0.3) is 0 Å². The number of amides is 2. The maximum absolute atomic E-state index is 12.5. The Kier molecular flexibility index (Phi) is 6.46. The van der Waals surface area contributed by atoms with E-state index in [1.165, 1.54) is 0 Å². The normalized spacial score (nSPS) is 26.3. The zero-order chi connectivity index (χ0) is 16.4. The van der Waals surface area contributed by atoms with Crippen LogP contribution < -0.4 is 15.5 Å². The van der Waals surface area contributed by atoms with E-state index in [0.717, 1.165) is 5.69 Å². The second-order valence-electron chi connectivity index (χ2n) is 6.04. The van der Waals surface area contributed by atoms with Crippen molar-refractivity contribution in [3.63, 3.8) is 0 Å². The molecule has 3 unspecified atom stereocenters. The van der Waals surface area contributed by atoms with Crippen LogP contribution in [0.1, 0.15) is 6.42 Å². The molecule has 2 fully saturated rings. The van der Waals surface area contributed by atoms with Crippen LogP contribution in [0.4, 0.5) is 5.69 Å². The molecule has 24 heavy (non-hydrogen) atoms. The summed E-state index contributed by atoms with van der Waals surface area (Å²) in [5, 5.41) is 16.2. The molecule has 2 heterocycles. The number of anilines is 1. The predicted molar refractivity (Wildman–Crippen MR) is 94.5 cm³/mol. The molecule has 1 aromatic carbocycles. The minimum atomic E-state index is -0.655. The molecular weight excluding hydrogens is 353 g/mol. The Hall–Kier alpha value is -1.34. The molecule has 3 N–H and O–H groups in total. The third kappa shape index (κ3) is 4.00. The van der Waals surface area contributed by atoms with Gasteiger partial charge in [0.1, 0.15) is 5.92 Å². The van der Waals surface area contributed by atoms with Gasteiger partial charge < -0.3 is 20.6 Å². The van der Waals surface area contributed by atoms with Crippen LogP contribution >= 0.6 is 24.0 Å². The molecule has 3 rings (SSSR count). The van der Waals surface area contributed by atoms with Crippen molar-refractivity contribution >= 4 is 41.5 Å². The first-order valence-corrected chi connectivity index (χ1v) is 8.17. The molecule has 0 saturated carbocycles. The largest absolute Gasteiger partial charge is 0.391 e. The molecule has 2 amide bonds. The van der Waals surface area contributed by atoms with Gasteiger partial charge >= 0.3 is 0 Å². The van der Waals surface area contributed by atoms with E-state index in [9.17, 15) is 14.7 Å². The summed E-state index contributed by atoms with van der Waals surface area (Å²) >= 11 is 5.86. The zero-order valence-corrected chi connectivity index (χ0v) is 14.6. The van der Waals surface area contributed by atoms with Crippen LogP contribution in [0.15, 0.2) is 24.3 Å². The van der Waals surface area contributed by atoms with Gasteiger partial charge in [0, 0.05) is 42.8 Å². The molecule has 3 atom stereocenters. The number of benzene rings is 1. The van der Waals surface area contributed by atoms with Crippen molar-refractivity contribution in [2.45, 2.75) is 12.5 Å². The van der Waals surface area contributed by atoms with Gasteiger partial charge in [-0.05, 0) is 30.7 Å². The summed E-state index contributed by atoms with van der Waals surface area (Å²) in [6, 6.07) is 7.01. The number of β-amino-alcohol motifs (C(OH)–C–C–N with tert-alkyl or cyclic N) is 1. The second-order valence-corrected chi connectivity index (χ2v) is 6.47. The average Bonchev–Trinajstić information content (AvgIpc) is 3.12. The van der Waals surface area contributed by atoms with E-state index >= 15 is 0 Å². The summed E-state index contributed by atoms with van der Waals surface area (Å²) < 4.78 is 0. The third-order valence-corrected chi connectivity index (χ3v) is 4.75. The molecule has 1 aromatic rings. The standard InChI is InChI=1S/C16H20ClN3O3.ClH/c17-11-1-3-12(4-2-11)20-6-5-13(16(20)23)15(22)19-8-10-7-18-9-14(10)21;/h1-4,10,13-14,18,21H,5-9H2,(H,19,22);1H. The van der Waals surface area contributed by atoms with E-state index in [2.05, 4.69) is 10.6 Å². The Labute approximate surface area is 152 Å². The molecule has 132 valence electrons. The van der Waals surface area contributed by atoms with E-state index < -0.39 is 12.0 Å². The first kappa shape index (κ1) is 19.0. The summed E-state index contributed by atoms with van der Waals surface area (Å²) in [5.74, 6) is -1.10. The van der Waals surface area contributed by atoms with Crippen molar-refractivity contribution < 1.29 is 14.7 Å². The smallest absolute Gasteiger partial charge is 0.239 e. The summed E-state index contributed by atoms with van der Waals surface area (Å²) in [4.78, 5) is 26.3. The Balaban J connectivity index is 0.00000208. The van der Waals surface area contributed by atoms with Gasteiger partial charge in [-0.1, -0.05) is 11.6 Å². The highest BCUT2D eigenvalue weighted by atomic mass is 35.5. The quantitative estimate of drug-likeness (QED) is 0.682. The minimum Gasteiger partial charge on any atom is -0.391 e. The molecule has 0 bridgehead atoms. The number of aliphatic hydroxyl groups excluding tert-OH is 1. The number of nitrogens with one attached hydrogen (secondary N) is 2. The van der Waals surface area contributed by atoms with Crippen LogP contribution in [0, 0.1) is 11.8 Å². The number of nitrogens with zero attached hydrogens (tertiary/aromatic N) is 1. The van der Waals surface area contributed by atoms with Crippen molar-refractivity contribution in [3.8, 4) is 0 Å². The Morgan fingerprint density at radius 2 is 2.04 bits per heavy atom. The topological polar surface area (TPSA) is 81.7 Å². The predicted octanol–water partition coefficient (Wildman–Crippen LogP) is 0.811. The Morgan fingerprint density at radius 1 is 1.33 bits per heavy atom. The Bertz CT molecular complexity index is 597. The first-order chi connectivity index (χ1) is 11.1. The molecule has 8 heteroatoms. The summed E-state index contributed by atoms with van der Waals surface area (Å²) in [6.07, 6.45) is 0.0545. The number of halogens is 2. The highest BCUT2D eigenvalue weighted by Gasteiger charge is 2.38. The summed E-state index contributed by atoms with van der Waals surface area (Å²) in [7, 11) is 0. The van der Waals surface area contributed by atoms with E-state index in [0.29, 0.717) is 37.6 Å². The molecule has 2 saturated heterocycles. The van der Waals surface area contributed by atoms with Gasteiger partial charge in [-0.3, -0.25) is 9.59 Å². The van der Waals surface area contributed by atoms with Crippen LogP contribution in [-0.2, 0) is 9.59 Å². The number of hydrogen-bond donors (Lipinski definition) is 3. The highest BCUT2D eigenvalue weighted by Crippen LogP contribution is 2.26. The fourth-order valence-corrected chi connectivity index (χ4v) is 3.21.